The first-order chi connectivity index (χ1) is 9.15. The van der Waals surface area contributed by atoms with Crippen LogP contribution in [0.1, 0.15) is 41.6 Å². The molecular weight excluding hydrogens is 240 g/mol. The molecule has 104 valence electrons. The van der Waals surface area contributed by atoms with E-state index in [9.17, 15) is 9.90 Å². The molecule has 0 bridgehead atoms. The van der Waals surface area contributed by atoms with Crippen molar-refractivity contribution in [3.05, 3.63) is 29.3 Å². The van der Waals surface area contributed by atoms with E-state index in [2.05, 4.69) is 0 Å². The first kappa shape index (κ1) is 13.9. The lowest BCUT2D eigenvalue weighted by atomic mass is 10.1. The Kier molecular flexibility index (Phi) is 4.43. The zero-order chi connectivity index (χ0) is 13.8. The highest BCUT2D eigenvalue weighted by Crippen LogP contribution is 2.23. The summed E-state index contributed by atoms with van der Waals surface area (Å²) in [7, 11) is 0. The number of aliphatic hydroxyl groups is 1. The van der Waals surface area contributed by atoms with Gasteiger partial charge in [-0.1, -0.05) is 25.0 Å². The Morgan fingerprint density at radius 2 is 2.21 bits per heavy atom. The minimum atomic E-state index is -0.0742. The lowest BCUT2D eigenvalue weighted by Gasteiger charge is -2.29. The molecule has 1 unspecified atom stereocenters. The van der Waals surface area contributed by atoms with Crippen LogP contribution in [0.25, 0.3) is 0 Å². The van der Waals surface area contributed by atoms with Gasteiger partial charge in [-0.25, -0.2) is 0 Å². The van der Waals surface area contributed by atoms with Crippen molar-refractivity contribution in [3.8, 4) is 0 Å². The molecule has 1 saturated heterocycles. The van der Waals surface area contributed by atoms with E-state index in [-0.39, 0.29) is 18.6 Å². The summed E-state index contributed by atoms with van der Waals surface area (Å²) in [6.07, 6.45) is 4.05. The van der Waals surface area contributed by atoms with Crippen molar-refractivity contribution >= 4 is 11.6 Å². The second-order valence-electron chi connectivity index (χ2n) is 5.22. The first-order valence-electron chi connectivity index (χ1n) is 6.92. The van der Waals surface area contributed by atoms with Crippen LogP contribution < -0.4 is 5.73 Å². The molecule has 1 aromatic carbocycles. The lowest BCUT2D eigenvalue weighted by molar-refractivity contribution is 0.0601. The Labute approximate surface area is 114 Å². The molecule has 1 fully saturated rings. The summed E-state index contributed by atoms with van der Waals surface area (Å²) in [5.41, 5.74) is 8.03. The van der Waals surface area contributed by atoms with Gasteiger partial charge in [0.05, 0.1) is 18.2 Å². The largest absolute Gasteiger partial charge is 0.398 e. The zero-order valence-electron chi connectivity index (χ0n) is 11.4. The van der Waals surface area contributed by atoms with Crippen LogP contribution in [0.5, 0.6) is 0 Å². The number of carbonyl (C=O) groups is 1. The number of benzene rings is 1. The van der Waals surface area contributed by atoms with Crippen molar-refractivity contribution in [1.29, 1.82) is 0 Å². The molecule has 0 radical (unpaired) electrons. The number of rotatable bonds is 2. The fraction of sp³-hybridized carbons (Fsp3) is 0.533. The number of anilines is 1. The van der Waals surface area contributed by atoms with Gasteiger partial charge in [0.25, 0.3) is 5.91 Å². The molecule has 3 N–H and O–H groups in total. The molecule has 19 heavy (non-hydrogen) atoms. The Hall–Kier alpha value is -1.55. The van der Waals surface area contributed by atoms with E-state index in [1.54, 1.807) is 11.0 Å². The van der Waals surface area contributed by atoms with E-state index in [1.165, 1.54) is 0 Å². The lowest BCUT2D eigenvalue weighted by Crippen LogP contribution is -2.42. The number of nitrogens with zero attached hydrogens (tertiary/aromatic N) is 1. The summed E-state index contributed by atoms with van der Waals surface area (Å²) in [5, 5.41) is 9.48. The van der Waals surface area contributed by atoms with Gasteiger partial charge < -0.3 is 15.7 Å². The number of aliphatic hydroxyl groups excluding tert-OH is 1. The molecule has 2 rings (SSSR count). The van der Waals surface area contributed by atoms with Gasteiger partial charge in [-0.05, 0) is 31.4 Å². The number of aryl methyl sites for hydroxylation is 1. The second kappa shape index (κ2) is 6.06. The predicted molar refractivity (Wildman–Crippen MR) is 76.0 cm³/mol. The molecule has 4 heteroatoms. The molecule has 1 amide bonds. The van der Waals surface area contributed by atoms with Crippen molar-refractivity contribution in [2.24, 2.45) is 0 Å². The third-order valence-corrected chi connectivity index (χ3v) is 3.90. The number of para-hydroxylation sites is 1. The van der Waals surface area contributed by atoms with Gasteiger partial charge in [-0.2, -0.15) is 0 Å². The highest BCUT2D eigenvalue weighted by atomic mass is 16.3. The molecular formula is C15H22N2O2. The van der Waals surface area contributed by atoms with E-state index in [0.717, 1.165) is 31.2 Å². The number of amides is 1. The fourth-order valence-electron chi connectivity index (χ4n) is 2.66. The molecule has 1 aliphatic rings. The van der Waals surface area contributed by atoms with Crippen LogP contribution in [0.2, 0.25) is 0 Å². The molecule has 4 nitrogen and oxygen atoms in total. The first-order valence-corrected chi connectivity index (χ1v) is 6.92. The fourth-order valence-corrected chi connectivity index (χ4v) is 2.66. The highest BCUT2D eigenvalue weighted by Gasteiger charge is 2.26. The molecule has 1 heterocycles. The maximum atomic E-state index is 12.6. The van der Waals surface area contributed by atoms with Crippen LogP contribution in [0, 0.1) is 6.92 Å². The van der Waals surface area contributed by atoms with Crippen molar-refractivity contribution in [2.75, 3.05) is 18.9 Å². The predicted octanol–water partition coefficient (Wildman–Crippen LogP) is 1.95. The van der Waals surface area contributed by atoms with Gasteiger partial charge in [-0.3, -0.25) is 4.79 Å². The maximum absolute atomic E-state index is 12.6. The third-order valence-electron chi connectivity index (χ3n) is 3.90. The number of carbonyl (C=O) groups excluding carboxylic acids is 1. The summed E-state index contributed by atoms with van der Waals surface area (Å²) >= 11 is 0. The minimum absolute atomic E-state index is 0.0253. The quantitative estimate of drug-likeness (QED) is 0.801. The summed E-state index contributed by atoms with van der Waals surface area (Å²) in [4.78, 5) is 14.4. The van der Waals surface area contributed by atoms with E-state index < -0.39 is 0 Å². The molecule has 0 aromatic heterocycles. The molecule has 0 aliphatic carbocycles. The SMILES string of the molecule is Cc1cccc(C(=O)N2CCCCCC2CO)c1N. The van der Waals surface area contributed by atoms with Crippen LogP contribution in [-0.2, 0) is 0 Å². The molecule has 1 aliphatic heterocycles. The monoisotopic (exact) mass is 262 g/mol. The van der Waals surface area contributed by atoms with Gasteiger partial charge in [0.1, 0.15) is 0 Å². The van der Waals surface area contributed by atoms with Gasteiger partial charge in [0.2, 0.25) is 0 Å². The highest BCUT2D eigenvalue weighted by molar-refractivity contribution is 5.99. The van der Waals surface area contributed by atoms with Crippen LogP contribution >= 0.6 is 0 Å². The van der Waals surface area contributed by atoms with Crippen LogP contribution in [0.3, 0.4) is 0 Å². The third kappa shape index (κ3) is 2.89. The Morgan fingerprint density at radius 3 is 2.95 bits per heavy atom. The number of nitrogen functional groups attached to an aromatic ring is 1. The van der Waals surface area contributed by atoms with Crippen molar-refractivity contribution in [1.82, 2.24) is 4.90 Å². The molecule has 1 aromatic rings. The molecule has 1 atom stereocenters. The van der Waals surface area contributed by atoms with Crippen LogP contribution in [0.4, 0.5) is 5.69 Å². The summed E-state index contributed by atoms with van der Waals surface area (Å²) < 4.78 is 0. The summed E-state index contributed by atoms with van der Waals surface area (Å²) in [6.45, 7) is 2.63. The van der Waals surface area contributed by atoms with Crippen LogP contribution in [0.15, 0.2) is 18.2 Å². The van der Waals surface area contributed by atoms with Crippen LogP contribution in [-0.4, -0.2) is 35.1 Å². The van der Waals surface area contributed by atoms with E-state index in [1.807, 2.05) is 19.1 Å². The minimum Gasteiger partial charge on any atom is -0.398 e. The maximum Gasteiger partial charge on any atom is 0.256 e. The van der Waals surface area contributed by atoms with Gasteiger partial charge in [0, 0.05) is 12.2 Å². The van der Waals surface area contributed by atoms with Gasteiger partial charge in [-0.15, -0.1) is 0 Å². The number of nitrogens with two attached hydrogens (primary N) is 1. The average Bonchev–Trinajstić information content (AvgIpc) is 2.66. The summed E-state index contributed by atoms with van der Waals surface area (Å²) in [6, 6.07) is 5.45. The molecule has 0 spiro atoms. The Bertz CT molecular complexity index is 459. The average molecular weight is 262 g/mol. The van der Waals surface area contributed by atoms with Gasteiger partial charge >= 0.3 is 0 Å². The summed E-state index contributed by atoms with van der Waals surface area (Å²) in [5.74, 6) is -0.0536. The Morgan fingerprint density at radius 1 is 1.42 bits per heavy atom. The van der Waals surface area contributed by atoms with Crippen molar-refractivity contribution in [2.45, 2.75) is 38.6 Å². The zero-order valence-corrected chi connectivity index (χ0v) is 11.4. The second-order valence-corrected chi connectivity index (χ2v) is 5.22. The van der Waals surface area contributed by atoms with Gasteiger partial charge in [0.15, 0.2) is 0 Å². The van der Waals surface area contributed by atoms with E-state index >= 15 is 0 Å². The number of hydrogen-bond acceptors (Lipinski definition) is 3. The van der Waals surface area contributed by atoms with E-state index in [0.29, 0.717) is 17.8 Å². The Balaban J connectivity index is 2.28. The number of hydrogen-bond donors (Lipinski definition) is 2. The van der Waals surface area contributed by atoms with Crippen molar-refractivity contribution < 1.29 is 9.90 Å². The smallest absolute Gasteiger partial charge is 0.256 e. The number of likely N-dealkylation sites (tertiary alicyclic amines) is 1. The molecule has 0 saturated carbocycles. The normalized spacial score (nSPS) is 20.1. The topological polar surface area (TPSA) is 66.6 Å². The van der Waals surface area contributed by atoms with E-state index in [4.69, 9.17) is 5.73 Å². The van der Waals surface area contributed by atoms with Crippen molar-refractivity contribution in [3.63, 3.8) is 0 Å². The standard InChI is InChI=1S/C15H22N2O2/c1-11-6-5-8-13(14(11)16)15(19)17-9-4-2-3-7-12(17)10-18/h5-6,8,12,18H,2-4,7,9-10,16H2,1H3.